The summed E-state index contributed by atoms with van der Waals surface area (Å²) in [5.41, 5.74) is 5.74. The van der Waals surface area contributed by atoms with Gasteiger partial charge in [0.15, 0.2) is 11.6 Å². The minimum atomic E-state index is -0.505. The first kappa shape index (κ1) is 14.8. The number of amides is 1. The van der Waals surface area contributed by atoms with Gasteiger partial charge in [-0.05, 0) is 25.0 Å². The summed E-state index contributed by atoms with van der Waals surface area (Å²) in [6.07, 6.45) is 4.78. The highest BCUT2D eigenvalue weighted by atomic mass is 19.1. The molecule has 1 amide bonds. The van der Waals surface area contributed by atoms with Crippen molar-refractivity contribution in [2.45, 2.75) is 32.1 Å². The van der Waals surface area contributed by atoms with Crippen LogP contribution in [0.15, 0.2) is 18.2 Å². The highest BCUT2D eigenvalue weighted by Gasteiger charge is 2.38. The Bertz CT molecular complexity index is 485. The smallest absolute Gasteiger partial charge is 0.231 e. The number of methoxy groups -OCH3 is 1. The number of hydrogen-bond donors (Lipinski definition) is 2. The van der Waals surface area contributed by atoms with Gasteiger partial charge in [-0.2, -0.15) is 0 Å². The van der Waals surface area contributed by atoms with E-state index in [1.165, 1.54) is 19.2 Å². The molecule has 0 radical (unpaired) electrons. The molecule has 1 fully saturated rings. The number of hydrogen-bond acceptors (Lipinski definition) is 3. The molecule has 0 heterocycles. The molecule has 1 aromatic rings. The number of nitrogens with one attached hydrogen (secondary N) is 1. The monoisotopic (exact) mass is 280 g/mol. The van der Waals surface area contributed by atoms with Crippen LogP contribution in [0.3, 0.4) is 0 Å². The van der Waals surface area contributed by atoms with E-state index in [4.69, 9.17) is 10.5 Å². The predicted octanol–water partition coefficient (Wildman–Crippen LogP) is 2.68. The molecule has 0 aromatic heterocycles. The number of carbonyl (C=O) groups excluding carboxylic acids is 1. The molecule has 1 saturated carbocycles. The van der Waals surface area contributed by atoms with Gasteiger partial charge < -0.3 is 15.8 Å². The van der Waals surface area contributed by atoms with Crippen LogP contribution < -0.4 is 15.8 Å². The minimum Gasteiger partial charge on any atom is -0.494 e. The molecular weight excluding hydrogens is 259 g/mol. The molecule has 110 valence electrons. The van der Waals surface area contributed by atoms with Crippen LogP contribution >= 0.6 is 0 Å². The molecule has 0 spiro atoms. The van der Waals surface area contributed by atoms with Gasteiger partial charge in [0.25, 0.3) is 0 Å². The topological polar surface area (TPSA) is 64.3 Å². The number of halogens is 1. The van der Waals surface area contributed by atoms with Crippen molar-refractivity contribution in [3.63, 3.8) is 0 Å². The SMILES string of the molecule is COc1ccc(NC(=O)C2(CN)CCCCC2)cc1F. The lowest BCUT2D eigenvalue weighted by atomic mass is 9.73. The molecule has 5 heteroatoms. The Morgan fingerprint density at radius 2 is 2.10 bits per heavy atom. The molecule has 4 nitrogen and oxygen atoms in total. The van der Waals surface area contributed by atoms with Crippen LogP contribution in [0.2, 0.25) is 0 Å². The maximum atomic E-state index is 13.6. The fraction of sp³-hybridized carbons (Fsp3) is 0.533. The Hall–Kier alpha value is -1.62. The number of carbonyl (C=O) groups is 1. The molecule has 0 bridgehead atoms. The highest BCUT2D eigenvalue weighted by Crippen LogP contribution is 2.36. The summed E-state index contributed by atoms with van der Waals surface area (Å²) in [7, 11) is 1.40. The number of ether oxygens (including phenoxy) is 1. The van der Waals surface area contributed by atoms with Crippen LogP contribution in [0.5, 0.6) is 5.75 Å². The van der Waals surface area contributed by atoms with Crippen molar-refractivity contribution in [1.29, 1.82) is 0 Å². The maximum Gasteiger partial charge on any atom is 0.231 e. The summed E-state index contributed by atoms with van der Waals surface area (Å²) >= 11 is 0. The van der Waals surface area contributed by atoms with Gasteiger partial charge >= 0.3 is 0 Å². The van der Waals surface area contributed by atoms with E-state index in [2.05, 4.69) is 5.32 Å². The van der Waals surface area contributed by atoms with E-state index in [1.54, 1.807) is 6.07 Å². The lowest BCUT2D eigenvalue weighted by Gasteiger charge is -2.34. The van der Waals surface area contributed by atoms with E-state index in [1.807, 2.05) is 0 Å². The maximum absolute atomic E-state index is 13.6. The highest BCUT2D eigenvalue weighted by molar-refractivity contribution is 5.95. The van der Waals surface area contributed by atoms with E-state index in [-0.39, 0.29) is 11.7 Å². The standard InChI is InChI=1S/C15H21FN2O2/c1-20-13-6-5-11(9-12(13)16)18-14(19)15(10-17)7-3-2-4-8-15/h5-6,9H,2-4,7-8,10,17H2,1H3,(H,18,19). The van der Waals surface area contributed by atoms with E-state index < -0.39 is 11.2 Å². The Morgan fingerprint density at radius 1 is 1.40 bits per heavy atom. The minimum absolute atomic E-state index is 0.107. The van der Waals surface area contributed by atoms with Crippen molar-refractivity contribution in [2.75, 3.05) is 19.0 Å². The summed E-state index contributed by atoms with van der Waals surface area (Å²) in [6, 6.07) is 4.40. The summed E-state index contributed by atoms with van der Waals surface area (Å²) in [6.45, 7) is 0.331. The first-order valence-corrected chi connectivity index (χ1v) is 6.96. The van der Waals surface area contributed by atoms with Gasteiger partial charge in [-0.3, -0.25) is 4.79 Å². The van der Waals surface area contributed by atoms with Crippen molar-refractivity contribution in [2.24, 2.45) is 11.1 Å². The number of nitrogens with two attached hydrogens (primary N) is 1. The number of benzene rings is 1. The molecule has 0 unspecified atom stereocenters. The van der Waals surface area contributed by atoms with Crippen molar-refractivity contribution < 1.29 is 13.9 Å². The summed E-state index contributed by atoms with van der Waals surface area (Å²) in [4.78, 5) is 12.4. The zero-order valence-electron chi connectivity index (χ0n) is 11.7. The Kier molecular flexibility index (Phi) is 4.60. The van der Waals surface area contributed by atoms with Gasteiger partial charge in [-0.15, -0.1) is 0 Å². The van der Waals surface area contributed by atoms with Crippen LogP contribution in [-0.4, -0.2) is 19.6 Å². The fourth-order valence-corrected chi connectivity index (χ4v) is 2.76. The van der Waals surface area contributed by atoms with Gasteiger partial charge in [-0.25, -0.2) is 4.39 Å². The zero-order valence-corrected chi connectivity index (χ0v) is 11.7. The summed E-state index contributed by atoms with van der Waals surface area (Å²) in [5.74, 6) is -0.436. The van der Waals surface area contributed by atoms with E-state index in [0.717, 1.165) is 32.1 Å². The molecule has 0 aliphatic heterocycles. The van der Waals surface area contributed by atoms with Crippen molar-refractivity contribution in [1.82, 2.24) is 0 Å². The predicted molar refractivity (Wildman–Crippen MR) is 76.2 cm³/mol. The van der Waals surface area contributed by atoms with Gasteiger partial charge in [0.05, 0.1) is 12.5 Å². The van der Waals surface area contributed by atoms with Crippen LogP contribution in [0, 0.1) is 11.2 Å². The largest absolute Gasteiger partial charge is 0.494 e. The summed E-state index contributed by atoms with van der Waals surface area (Å²) < 4.78 is 18.5. The summed E-state index contributed by atoms with van der Waals surface area (Å²) in [5, 5.41) is 2.78. The normalized spacial score (nSPS) is 17.6. The second kappa shape index (κ2) is 6.22. The fourth-order valence-electron chi connectivity index (χ4n) is 2.76. The molecule has 1 aliphatic rings. The van der Waals surface area contributed by atoms with Gasteiger partial charge in [-0.1, -0.05) is 19.3 Å². The van der Waals surface area contributed by atoms with Crippen LogP contribution in [0.1, 0.15) is 32.1 Å². The number of rotatable bonds is 4. The van der Waals surface area contributed by atoms with Crippen molar-refractivity contribution in [3.8, 4) is 5.75 Å². The van der Waals surface area contributed by atoms with Gasteiger partial charge in [0, 0.05) is 18.3 Å². The zero-order chi connectivity index (χ0) is 14.6. The van der Waals surface area contributed by atoms with Crippen molar-refractivity contribution in [3.05, 3.63) is 24.0 Å². The molecule has 2 rings (SSSR count). The third-order valence-corrected chi connectivity index (χ3v) is 4.09. The molecule has 0 saturated heterocycles. The molecule has 1 aromatic carbocycles. The third kappa shape index (κ3) is 2.93. The average molecular weight is 280 g/mol. The van der Waals surface area contributed by atoms with Crippen LogP contribution in [0.25, 0.3) is 0 Å². The van der Waals surface area contributed by atoms with Crippen LogP contribution in [-0.2, 0) is 4.79 Å². The van der Waals surface area contributed by atoms with Crippen molar-refractivity contribution >= 4 is 11.6 Å². The van der Waals surface area contributed by atoms with Crippen LogP contribution in [0.4, 0.5) is 10.1 Å². The molecule has 3 N–H and O–H groups in total. The Morgan fingerprint density at radius 3 is 2.65 bits per heavy atom. The van der Waals surface area contributed by atoms with Gasteiger partial charge in [0.2, 0.25) is 5.91 Å². The van der Waals surface area contributed by atoms with E-state index in [9.17, 15) is 9.18 Å². The molecule has 20 heavy (non-hydrogen) atoms. The lowest BCUT2D eigenvalue weighted by Crippen LogP contribution is -2.43. The first-order valence-electron chi connectivity index (χ1n) is 6.96. The Balaban J connectivity index is 2.12. The third-order valence-electron chi connectivity index (χ3n) is 4.09. The van der Waals surface area contributed by atoms with E-state index >= 15 is 0 Å². The van der Waals surface area contributed by atoms with E-state index in [0.29, 0.717) is 12.2 Å². The quantitative estimate of drug-likeness (QED) is 0.891. The molecular formula is C15H21FN2O2. The average Bonchev–Trinajstić information content (AvgIpc) is 2.48. The molecule has 0 atom stereocenters. The second-order valence-electron chi connectivity index (χ2n) is 5.35. The first-order chi connectivity index (χ1) is 9.61. The molecule has 1 aliphatic carbocycles. The lowest BCUT2D eigenvalue weighted by molar-refractivity contribution is -0.126. The Labute approximate surface area is 118 Å². The van der Waals surface area contributed by atoms with Gasteiger partial charge in [0.1, 0.15) is 0 Å². The second-order valence-corrected chi connectivity index (χ2v) is 5.35. The number of anilines is 1.